The zero-order chi connectivity index (χ0) is 24.1. The lowest BCUT2D eigenvalue weighted by molar-refractivity contribution is -0.125. The molecule has 34 heavy (non-hydrogen) atoms. The number of aliphatic hydroxyl groups excluding tert-OH is 1. The Balaban J connectivity index is 1.38. The maximum Gasteiger partial charge on any atom is 0.253 e. The molecule has 0 radical (unpaired) electrons. The van der Waals surface area contributed by atoms with Crippen LogP contribution in [0.25, 0.3) is 0 Å². The minimum absolute atomic E-state index is 0.0157. The smallest absolute Gasteiger partial charge is 0.253 e. The minimum Gasteiger partial charge on any atom is -0.395 e. The van der Waals surface area contributed by atoms with Gasteiger partial charge in [-0.1, -0.05) is 6.07 Å². The highest BCUT2D eigenvalue weighted by Crippen LogP contribution is 2.25. The van der Waals surface area contributed by atoms with E-state index in [9.17, 15) is 19.5 Å². The van der Waals surface area contributed by atoms with E-state index in [0.717, 1.165) is 11.1 Å². The summed E-state index contributed by atoms with van der Waals surface area (Å²) < 4.78 is 5.17. The maximum atomic E-state index is 12.9. The molecule has 2 aliphatic heterocycles. The Morgan fingerprint density at radius 2 is 2.06 bits per heavy atom. The van der Waals surface area contributed by atoms with Crippen LogP contribution in [-0.4, -0.2) is 61.6 Å². The van der Waals surface area contributed by atoms with Gasteiger partial charge in [0.25, 0.3) is 5.91 Å². The van der Waals surface area contributed by atoms with Gasteiger partial charge in [-0.05, 0) is 42.0 Å². The Hall–Kier alpha value is -3.76. The van der Waals surface area contributed by atoms with Crippen LogP contribution in [-0.2, 0) is 25.7 Å². The topological polar surface area (TPSA) is 138 Å². The Labute approximate surface area is 197 Å². The normalized spacial score (nSPS) is 15.0. The molecule has 4 rings (SSSR count). The lowest BCUT2D eigenvalue weighted by Gasteiger charge is -2.28. The van der Waals surface area contributed by atoms with Gasteiger partial charge in [-0.15, -0.1) is 0 Å². The summed E-state index contributed by atoms with van der Waals surface area (Å²) >= 11 is 0. The quantitative estimate of drug-likeness (QED) is 0.532. The van der Waals surface area contributed by atoms with Crippen LogP contribution >= 0.6 is 0 Å². The van der Waals surface area contributed by atoms with Gasteiger partial charge in [-0.25, -0.2) is 0 Å². The molecule has 0 aromatic heterocycles. The van der Waals surface area contributed by atoms with Gasteiger partial charge in [0.05, 0.1) is 19.8 Å². The first-order chi connectivity index (χ1) is 16.5. The predicted octanol–water partition coefficient (Wildman–Crippen LogP) is 1.01. The average Bonchev–Trinajstić information content (AvgIpc) is 3.21. The molecule has 10 heteroatoms. The number of benzene rings is 2. The molecule has 0 aliphatic carbocycles. The second kappa shape index (κ2) is 10.4. The van der Waals surface area contributed by atoms with Gasteiger partial charge in [0.15, 0.2) is 0 Å². The number of fused-ring (bicyclic) bond motifs is 1. The monoisotopic (exact) mass is 465 g/mol. The van der Waals surface area contributed by atoms with E-state index < -0.39 is 0 Å². The molecule has 10 nitrogen and oxygen atoms in total. The SMILES string of the molecule is NC1=NCc2cc(NC(=O)CCC(=O)N(CCO)c3cccc(N4CCOCC4=O)c3)ccc21. The highest BCUT2D eigenvalue weighted by Gasteiger charge is 2.22. The van der Waals surface area contributed by atoms with Gasteiger partial charge in [0.1, 0.15) is 12.4 Å². The second-order valence-electron chi connectivity index (χ2n) is 8.01. The van der Waals surface area contributed by atoms with Crippen LogP contribution in [0.4, 0.5) is 17.1 Å². The first-order valence-corrected chi connectivity index (χ1v) is 11.1. The Kier molecular flexibility index (Phi) is 7.19. The van der Waals surface area contributed by atoms with Crippen LogP contribution < -0.4 is 20.9 Å². The minimum atomic E-state index is -0.301. The van der Waals surface area contributed by atoms with E-state index in [1.807, 2.05) is 12.1 Å². The lowest BCUT2D eigenvalue weighted by Crippen LogP contribution is -2.41. The van der Waals surface area contributed by atoms with E-state index in [0.29, 0.717) is 42.6 Å². The number of hydrogen-bond donors (Lipinski definition) is 3. The van der Waals surface area contributed by atoms with Crippen molar-refractivity contribution in [3.05, 3.63) is 53.6 Å². The number of carbonyl (C=O) groups is 3. The zero-order valence-corrected chi connectivity index (χ0v) is 18.7. The molecule has 4 N–H and O–H groups in total. The van der Waals surface area contributed by atoms with Crippen molar-refractivity contribution >= 4 is 40.6 Å². The predicted molar refractivity (Wildman–Crippen MR) is 128 cm³/mol. The summed E-state index contributed by atoms with van der Waals surface area (Å²) in [7, 11) is 0. The largest absolute Gasteiger partial charge is 0.395 e. The summed E-state index contributed by atoms with van der Waals surface area (Å²) in [5.41, 5.74) is 9.45. The van der Waals surface area contributed by atoms with Crippen molar-refractivity contribution in [2.45, 2.75) is 19.4 Å². The zero-order valence-electron chi connectivity index (χ0n) is 18.7. The summed E-state index contributed by atoms with van der Waals surface area (Å²) in [6.07, 6.45) is -0.0499. The molecule has 2 aromatic carbocycles. The van der Waals surface area contributed by atoms with Crippen LogP contribution in [0.1, 0.15) is 24.0 Å². The number of carbonyl (C=O) groups excluding carboxylic acids is 3. The Morgan fingerprint density at radius 1 is 1.21 bits per heavy atom. The number of hydrogen-bond acceptors (Lipinski definition) is 7. The van der Waals surface area contributed by atoms with E-state index in [1.165, 1.54) is 4.90 Å². The molecular formula is C24H27N5O5. The van der Waals surface area contributed by atoms with Gasteiger partial charge in [0.2, 0.25) is 11.8 Å². The molecule has 178 valence electrons. The number of amides is 3. The van der Waals surface area contributed by atoms with Crippen molar-refractivity contribution < 1.29 is 24.2 Å². The molecule has 2 aliphatic rings. The second-order valence-corrected chi connectivity index (χ2v) is 8.01. The van der Waals surface area contributed by atoms with E-state index in [-0.39, 0.29) is 50.3 Å². The van der Waals surface area contributed by atoms with E-state index in [2.05, 4.69) is 10.3 Å². The highest BCUT2D eigenvalue weighted by molar-refractivity contribution is 6.02. The number of rotatable bonds is 8. The van der Waals surface area contributed by atoms with E-state index >= 15 is 0 Å². The molecule has 0 atom stereocenters. The molecule has 1 fully saturated rings. The van der Waals surface area contributed by atoms with Gasteiger partial charge < -0.3 is 30.7 Å². The molecule has 3 amide bonds. The molecule has 0 saturated carbocycles. The lowest BCUT2D eigenvalue weighted by atomic mass is 10.1. The third-order valence-corrected chi connectivity index (χ3v) is 5.71. The van der Waals surface area contributed by atoms with Gasteiger partial charge >= 0.3 is 0 Å². The highest BCUT2D eigenvalue weighted by atomic mass is 16.5. The van der Waals surface area contributed by atoms with E-state index in [1.54, 1.807) is 35.2 Å². The third-order valence-electron chi connectivity index (χ3n) is 5.71. The number of ether oxygens (including phenoxy) is 1. The standard InChI is InChI=1S/C24H27N5O5/c25-24-20-5-4-17(12-16(20)14-26-24)27-21(31)6-7-22(32)28(8-10-30)18-2-1-3-19(13-18)29-9-11-34-15-23(29)33/h1-5,12-13,30H,6-11,14-15H2,(H2,25,26)(H,27,31). The number of nitrogens with two attached hydrogens (primary N) is 1. The number of morpholine rings is 1. The maximum absolute atomic E-state index is 12.9. The molecule has 0 bridgehead atoms. The molecule has 2 heterocycles. The van der Waals surface area contributed by atoms with Crippen molar-refractivity contribution in [1.29, 1.82) is 0 Å². The fourth-order valence-electron chi connectivity index (χ4n) is 4.00. The fraction of sp³-hybridized carbons (Fsp3) is 0.333. The summed E-state index contributed by atoms with van der Waals surface area (Å²) in [5, 5.41) is 12.3. The fourth-order valence-corrected chi connectivity index (χ4v) is 4.00. The summed E-state index contributed by atoms with van der Waals surface area (Å²) in [6.45, 7) is 1.21. The van der Waals surface area contributed by atoms with Crippen LogP contribution in [0.5, 0.6) is 0 Å². The molecule has 1 saturated heterocycles. The Morgan fingerprint density at radius 3 is 2.85 bits per heavy atom. The summed E-state index contributed by atoms with van der Waals surface area (Å²) in [6, 6.07) is 12.4. The van der Waals surface area contributed by atoms with Crippen LogP contribution in [0.2, 0.25) is 0 Å². The van der Waals surface area contributed by atoms with Crippen molar-refractivity contribution in [3.63, 3.8) is 0 Å². The van der Waals surface area contributed by atoms with Gasteiger partial charge in [-0.3, -0.25) is 19.4 Å². The molecule has 0 unspecified atom stereocenters. The molecule has 2 aromatic rings. The van der Waals surface area contributed by atoms with Gasteiger partial charge in [0, 0.05) is 48.6 Å². The van der Waals surface area contributed by atoms with Gasteiger partial charge in [-0.2, -0.15) is 0 Å². The first-order valence-electron chi connectivity index (χ1n) is 11.1. The summed E-state index contributed by atoms with van der Waals surface area (Å²) in [4.78, 5) is 44.8. The van der Waals surface area contributed by atoms with Crippen molar-refractivity contribution in [2.75, 3.05) is 48.0 Å². The first kappa shape index (κ1) is 23.4. The summed E-state index contributed by atoms with van der Waals surface area (Å²) in [5.74, 6) is -0.257. The van der Waals surface area contributed by atoms with Crippen molar-refractivity contribution in [2.24, 2.45) is 10.7 Å². The van der Waals surface area contributed by atoms with E-state index in [4.69, 9.17) is 10.5 Å². The molecule has 0 spiro atoms. The Bertz CT molecular complexity index is 1130. The van der Waals surface area contributed by atoms with Crippen molar-refractivity contribution in [3.8, 4) is 0 Å². The number of aliphatic imine (C=N–C) groups is 1. The number of amidine groups is 1. The van der Waals surface area contributed by atoms with Crippen LogP contribution in [0, 0.1) is 0 Å². The number of nitrogens with zero attached hydrogens (tertiary/aromatic N) is 3. The van der Waals surface area contributed by atoms with Crippen LogP contribution in [0.15, 0.2) is 47.5 Å². The number of anilines is 3. The third kappa shape index (κ3) is 5.24. The molecular weight excluding hydrogens is 438 g/mol. The van der Waals surface area contributed by atoms with Crippen LogP contribution in [0.3, 0.4) is 0 Å². The number of aliphatic hydroxyl groups is 1. The van der Waals surface area contributed by atoms with Crippen molar-refractivity contribution in [1.82, 2.24) is 0 Å². The average molecular weight is 466 g/mol. The number of nitrogens with one attached hydrogen (secondary N) is 1.